The largest absolute Gasteiger partial charge is 0.494 e. The third kappa shape index (κ3) is 5.67. The molecule has 5 nitrogen and oxygen atoms in total. The van der Waals surface area contributed by atoms with E-state index < -0.39 is 0 Å². The number of ether oxygens (including phenoxy) is 1. The molecule has 5 heteroatoms. The van der Waals surface area contributed by atoms with E-state index >= 15 is 0 Å². The van der Waals surface area contributed by atoms with Crippen LogP contribution in [0.1, 0.15) is 55.8 Å². The summed E-state index contributed by atoms with van der Waals surface area (Å²) < 4.78 is 5.34. The van der Waals surface area contributed by atoms with Gasteiger partial charge < -0.3 is 15.2 Å². The van der Waals surface area contributed by atoms with Crippen LogP contribution in [0, 0.1) is 0 Å². The van der Waals surface area contributed by atoms with Crippen molar-refractivity contribution < 1.29 is 19.4 Å². The predicted molar refractivity (Wildman–Crippen MR) is 87.6 cm³/mol. The zero-order chi connectivity index (χ0) is 16.7. The quantitative estimate of drug-likeness (QED) is 0.757. The van der Waals surface area contributed by atoms with Crippen molar-refractivity contribution in [2.24, 2.45) is 0 Å². The van der Waals surface area contributed by atoms with E-state index in [1.807, 2.05) is 6.92 Å². The van der Waals surface area contributed by atoms with Gasteiger partial charge in [0.25, 0.3) is 0 Å². The summed E-state index contributed by atoms with van der Waals surface area (Å²) in [6.45, 7) is 2.50. The first-order valence-electron chi connectivity index (χ1n) is 8.32. The Kier molecular flexibility index (Phi) is 6.59. The highest BCUT2D eigenvalue weighted by Crippen LogP contribution is 2.18. The summed E-state index contributed by atoms with van der Waals surface area (Å²) >= 11 is 0. The van der Waals surface area contributed by atoms with E-state index in [0.29, 0.717) is 12.2 Å². The van der Waals surface area contributed by atoms with Crippen molar-refractivity contribution in [3.05, 3.63) is 29.8 Å². The Balaban J connectivity index is 1.73. The molecule has 2 N–H and O–H groups in total. The van der Waals surface area contributed by atoms with Crippen LogP contribution in [0.5, 0.6) is 5.75 Å². The molecule has 0 saturated heterocycles. The predicted octanol–water partition coefficient (Wildman–Crippen LogP) is 2.47. The first-order chi connectivity index (χ1) is 11.1. The van der Waals surface area contributed by atoms with E-state index in [0.717, 1.165) is 31.4 Å². The Labute approximate surface area is 137 Å². The number of Topliss-reactive ketones (excluding diaryl/α,β-unsaturated/α-hetero) is 1. The Morgan fingerprint density at radius 1 is 1.13 bits per heavy atom. The Bertz CT molecular complexity index is 518. The molecule has 1 amide bonds. The Morgan fingerprint density at radius 2 is 1.78 bits per heavy atom. The summed E-state index contributed by atoms with van der Waals surface area (Å²) in [6, 6.07) is 7.13. The van der Waals surface area contributed by atoms with Crippen molar-refractivity contribution in [2.75, 3.05) is 6.61 Å². The van der Waals surface area contributed by atoms with Gasteiger partial charge in [0, 0.05) is 24.4 Å². The topological polar surface area (TPSA) is 75.6 Å². The van der Waals surface area contributed by atoms with Crippen LogP contribution in [0.25, 0.3) is 0 Å². The van der Waals surface area contributed by atoms with Gasteiger partial charge in [-0.05, 0) is 56.9 Å². The summed E-state index contributed by atoms with van der Waals surface area (Å²) in [6.07, 6.45) is 3.25. The molecule has 0 aliphatic heterocycles. The van der Waals surface area contributed by atoms with E-state index in [9.17, 15) is 14.7 Å². The smallest absolute Gasteiger partial charge is 0.220 e. The summed E-state index contributed by atoms with van der Waals surface area (Å²) in [5.41, 5.74) is 0.599. The lowest BCUT2D eigenvalue weighted by molar-refractivity contribution is -0.122. The number of rotatable bonds is 7. The fraction of sp³-hybridized carbons (Fsp3) is 0.556. The molecule has 1 aromatic rings. The Hall–Kier alpha value is -1.88. The molecule has 0 bridgehead atoms. The third-order valence-electron chi connectivity index (χ3n) is 4.13. The monoisotopic (exact) mass is 319 g/mol. The van der Waals surface area contributed by atoms with Gasteiger partial charge in [0.2, 0.25) is 5.91 Å². The van der Waals surface area contributed by atoms with Crippen molar-refractivity contribution in [1.29, 1.82) is 0 Å². The molecule has 2 rings (SSSR count). The maximum absolute atomic E-state index is 12.1. The minimum atomic E-state index is -0.232. The van der Waals surface area contributed by atoms with E-state index in [1.54, 1.807) is 24.3 Å². The number of amides is 1. The normalized spacial score (nSPS) is 20.8. The second-order valence-corrected chi connectivity index (χ2v) is 5.95. The first kappa shape index (κ1) is 17.5. The number of aliphatic hydroxyl groups is 1. The number of ketones is 1. The van der Waals surface area contributed by atoms with E-state index in [-0.39, 0.29) is 36.7 Å². The van der Waals surface area contributed by atoms with E-state index in [1.165, 1.54) is 0 Å². The minimum Gasteiger partial charge on any atom is -0.494 e. The van der Waals surface area contributed by atoms with Crippen LogP contribution in [-0.4, -0.2) is 35.5 Å². The van der Waals surface area contributed by atoms with Gasteiger partial charge >= 0.3 is 0 Å². The lowest BCUT2D eigenvalue weighted by atomic mass is 9.93. The van der Waals surface area contributed by atoms with Gasteiger partial charge in [-0.25, -0.2) is 0 Å². The highest BCUT2D eigenvalue weighted by atomic mass is 16.5. The van der Waals surface area contributed by atoms with Crippen LogP contribution in [-0.2, 0) is 4.79 Å². The van der Waals surface area contributed by atoms with Crippen LogP contribution in [0.3, 0.4) is 0 Å². The summed E-state index contributed by atoms with van der Waals surface area (Å²) in [7, 11) is 0. The number of hydrogen-bond donors (Lipinski definition) is 2. The highest BCUT2D eigenvalue weighted by molar-refractivity contribution is 5.98. The number of nitrogens with one attached hydrogen (secondary N) is 1. The van der Waals surface area contributed by atoms with Gasteiger partial charge in [-0.1, -0.05) is 0 Å². The molecule has 23 heavy (non-hydrogen) atoms. The lowest BCUT2D eigenvalue weighted by Crippen LogP contribution is -2.38. The van der Waals surface area contributed by atoms with Gasteiger partial charge in [-0.15, -0.1) is 0 Å². The molecule has 0 heterocycles. The summed E-state index contributed by atoms with van der Waals surface area (Å²) in [5.74, 6) is 0.606. The molecule has 0 atom stereocenters. The molecule has 0 aromatic heterocycles. The number of carbonyl (C=O) groups excluding carboxylic acids is 2. The third-order valence-corrected chi connectivity index (χ3v) is 4.13. The van der Waals surface area contributed by atoms with Crippen LogP contribution in [0.4, 0.5) is 0 Å². The van der Waals surface area contributed by atoms with Crippen LogP contribution in [0.15, 0.2) is 24.3 Å². The first-order valence-corrected chi connectivity index (χ1v) is 8.32. The Morgan fingerprint density at radius 3 is 2.39 bits per heavy atom. The molecule has 126 valence electrons. The van der Waals surface area contributed by atoms with Gasteiger partial charge in [0.05, 0.1) is 12.7 Å². The number of benzene rings is 1. The van der Waals surface area contributed by atoms with Crippen molar-refractivity contribution in [1.82, 2.24) is 5.32 Å². The van der Waals surface area contributed by atoms with Gasteiger partial charge in [-0.3, -0.25) is 9.59 Å². The standard InChI is InChI=1S/C18H25NO4/c1-2-23-16-9-3-13(4-10-16)17(21)11-12-18(22)19-14-5-7-15(20)8-6-14/h3-4,9-10,14-15,20H,2,5-8,11-12H2,1H3,(H,19,22). The number of hydrogen-bond acceptors (Lipinski definition) is 4. The van der Waals surface area contributed by atoms with Gasteiger partial charge in [0.1, 0.15) is 5.75 Å². The van der Waals surface area contributed by atoms with E-state index in [2.05, 4.69) is 5.32 Å². The van der Waals surface area contributed by atoms with E-state index in [4.69, 9.17) is 4.74 Å². The molecular weight excluding hydrogens is 294 g/mol. The van der Waals surface area contributed by atoms with Gasteiger partial charge in [0.15, 0.2) is 5.78 Å². The maximum atomic E-state index is 12.1. The lowest BCUT2D eigenvalue weighted by Gasteiger charge is -2.26. The molecule has 0 radical (unpaired) electrons. The van der Waals surface area contributed by atoms with Crippen molar-refractivity contribution in [2.45, 2.75) is 57.6 Å². The minimum absolute atomic E-state index is 0.0396. The van der Waals surface area contributed by atoms with Crippen molar-refractivity contribution in [3.63, 3.8) is 0 Å². The SMILES string of the molecule is CCOc1ccc(C(=O)CCC(=O)NC2CCC(O)CC2)cc1. The highest BCUT2D eigenvalue weighted by Gasteiger charge is 2.21. The van der Waals surface area contributed by atoms with Crippen molar-refractivity contribution >= 4 is 11.7 Å². The second-order valence-electron chi connectivity index (χ2n) is 5.95. The molecular formula is C18H25NO4. The summed E-state index contributed by atoms with van der Waals surface area (Å²) in [5, 5.41) is 12.4. The molecule has 1 aliphatic rings. The second kappa shape index (κ2) is 8.67. The van der Waals surface area contributed by atoms with Crippen LogP contribution in [0.2, 0.25) is 0 Å². The zero-order valence-corrected chi connectivity index (χ0v) is 13.6. The molecule has 0 unspecified atom stereocenters. The van der Waals surface area contributed by atoms with Crippen LogP contribution < -0.4 is 10.1 Å². The van der Waals surface area contributed by atoms with Crippen molar-refractivity contribution in [3.8, 4) is 5.75 Å². The molecule has 1 saturated carbocycles. The zero-order valence-electron chi connectivity index (χ0n) is 13.6. The average Bonchev–Trinajstić information content (AvgIpc) is 2.56. The summed E-state index contributed by atoms with van der Waals surface area (Å²) in [4.78, 5) is 24.0. The maximum Gasteiger partial charge on any atom is 0.220 e. The molecule has 1 fully saturated rings. The number of aliphatic hydroxyl groups excluding tert-OH is 1. The van der Waals surface area contributed by atoms with Gasteiger partial charge in [-0.2, -0.15) is 0 Å². The number of carbonyl (C=O) groups is 2. The molecule has 1 aromatic carbocycles. The van der Waals surface area contributed by atoms with Crippen LogP contribution >= 0.6 is 0 Å². The molecule has 1 aliphatic carbocycles. The average molecular weight is 319 g/mol. The fourth-order valence-corrected chi connectivity index (χ4v) is 2.80. The fourth-order valence-electron chi connectivity index (χ4n) is 2.80. The molecule has 0 spiro atoms.